The van der Waals surface area contributed by atoms with Gasteiger partial charge in [-0.25, -0.2) is 0 Å². The van der Waals surface area contributed by atoms with E-state index in [0.717, 1.165) is 6.54 Å². The summed E-state index contributed by atoms with van der Waals surface area (Å²) in [6, 6.07) is 0.424. The van der Waals surface area contributed by atoms with E-state index in [-0.39, 0.29) is 11.5 Å². The van der Waals surface area contributed by atoms with Gasteiger partial charge >= 0.3 is 0 Å². The second-order valence-corrected chi connectivity index (χ2v) is 4.34. The van der Waals surface area contributed by atoms with Crippen LogP contribution in [0.15, 0.2) is 0 Å². The van der Waals surface area contributed by atoms with Crippen LogP contribution in [0.3, 0.4) is 0 Å². The van der Waals surface area contributed by atoms with Gasteiger partial charge in [0, 0.05) is 13.2 Å². The van der Waals surface area contributed by atoms with Crippen LogP contribution in [-0.2, 0) is 4.74 Å². The van der Waals surface area contributed by atoms with Crippen molar-refractivity contribution in [3.8, 4) is 0 Å². The fraction of sp³-hybridized carbons (Fsp3) is 1.00. The Balaban J connectivity index is 4.22. The molecule has 2 heteroatoms. The van der Waals surface area contributed by atoms with Crippen molar-refractivity contribution in [3.05, 3.63) is 0 Å². The summed E-state index contributed by atoms with van der Waals surface area (Å²) in [6.07, 6.45) is 0.268. The maximum Gasteiger partial charge on any atom is 0.0701 e. The lowest BCUT2D eigenvalue weighted by Crippen LogP contribution is -2.48. The van der Waals surface area contributed by atoms with Gasteiger partial charge in [0.15, 0.2) is 0 Å². The van der Waals surface area contributed by atoms with Crippen LogP contribution < -0.4 is 5.32 Å². The number of methoxy groups -OCH3 is 1. The van der Waals surface area contributed by atoms with Gasteiger partial charge in [-0.2, -0.15) is 0 Å². The predicted octanol–water partition coefficient (Wildman–Crippen LogP) is 2.05. The van der Waals surface area contributed by atoms with Crippen molar-refractivity contribution in [1.82, 2.24) is 5.32 Å². The summed E-state index contributed by atoms with van der Waals surface area (Å²) in [4.78, 5) is 0. The van der Waals surface area contributed by atoms with Crippen LogP contribution in [0.2, 0.25) is 0 Å². The Morgan fingerprint density at radius 1 is 1.33 bits per heavy atom. The molecule has 0 aliphatic carbocycles. The van der Waals surface area contributed by atoms with E-state index in [1.807, 2.05) is 0 Å². The minimum Gasteiger partial charge on any atom is -0.380 e. The van der Waals surface area contributed by atoms with Crippen molar-refractivity contribution < 1.29 is 4.74 Å². The number of nitrogens with one attached hydrogen (secondary N) is 1. The van der Waals surface area contributed by atoms with Crippen LogP contribution in [0.25, 0.3) is 0 Å². The van der Waals surface area contributed by atoms with Crippen molar-refractivity contribution in [2.75, 3.05) is 13.7 Å². The Labute approximate surface area is 76.7 Å². The van der Waals surface area contributed by atoms with E-state index < -0.39 is 0 Å². The molecule has 2 nitrogen and oxygen atoms in total. The highest BCUT2D eigenvalue weighted by Gasteiger charge is 2.28. The molecule has 12 heavy (non-hydrogen) atoms. The lowest BCUT2D eigenvalue weighted by atomic mass is 9.84. The minimum atomic E-state index is 0.255. The quantitative estimate of drug-likeness (QED) is 0.702. The minimum absolute atomic E-state index is 0.255. The molecule has 0 saturated carbocycles. The zero-order chi connectivity index (χ0) is 9.78. The van der Waals surface area contributed by atoms with E-state index in [0.29, 0.717) is 6.04 Å². The van der Waals surface area contributed by atoms with Crippen LogP contribution in [0.1, 0.15) is 34.6 Å². The zero-order valence-electron chi connectivity index (χ0n) is 9.27. The smallest absolute Gasteiger partial charge is 0.0701 e. The second kappa shape index (κ2) is 4.83. The highest BCUT2D eigenvalue weighted by Crippen LogP contribution is 2.22. The van der Waals surface area contributed by atoms with Gasteiger partial charge in [0.05, 0.1) is 6.10 Å². The Kier molecular flexibility index (Phi) is 4.80. The molecule has 1 N–H and O–H groups in total. The van der Waals surface area contributed by atoms with Crippen LogP contribution >= 0.6 is 0 Å². The first kappa shape index (κ1) is 11.9. The molecule has 0 heterocycles. The summed E-state index contributed by atoms with van der Waals surface area (Å²) in [5.41, 5.74) is 0.255. The summed E-state index contributed by atoms with van der Waals surface area (Å²) >= 11 is 0. The third kappa shape index (κ3) is 3.55. The van der Waals surface area contributed by atoms with E-state index >= 15 is 0 Å². The number of hydrogen-bond acceptors (Lipinski definition) is 2. The highest BCUT2D eigenvalue weighted by atomic mass is 16.5. The fourth-order valence-corrected chi connectivity index (χ4v) is 1.53. The first-order chi connectivity index (χ1) is 5.43. The largest absolute Gasteiger partial charge is 0.380 e. The molecule has 0 aromatic carbocycles. The highest BCUT2D eigenvalue weighted by molar-refractivity contribution is 4.84. The van der Waals surface area contributed by atoms with Crippen molar-refractivity contribution in [3.63, 3.8) is 0 Å². The summed E-state index contributed by atoms with van der Waals surface area (Å²) in [6.45, 7) is 11.9. The molecule has 0 radical (unpaired) electrons. The number of likely N-dealkylation sites (N-methyl/N-ethyl adjacent to an activating group) is 1. The third-order valence-electron chi connectivity index (χ3n) is 2.20. The number of hydrogen-bond donors (Lipinski definition) is 1. The van der Waals surface area contributed by atoms with Gasteiger partial charge < -0.3 is 10.1 Å². The van der Waals surface area contributed by atoms with E-state index in [1.54, 1.807) is 7.11 Å². The Morgan fingerprint density at radius 2 is 1.83 bits per heavy atom. The summed E-state index contributed by atoms with van der Waals surface area (Å²) in [5.74, 6) is 0. The van der Waals surface area contributed by atoms with E-state index in [2.05, 4.69) is 39.9 Å². The van der Waals surface area contributed by atoms with Gasteiger partial charge in [-0.1, -0.05) is 27.7 Å². The molecule has 74 valence electrons. The average Bonchev–Trinajstić information content (AvgIpc) is 1.96. The van der Waals surface area contributed by atoms with Gasteiger partial charge in [-0.05, 0) is 18.9 Å². The van der Waals surface area contributed by atoms with Gasteiger partial charge in [0.25, 0.3) is 0 Å². The van der Waals surface area contributed by atoms with Crippen molar-refractivity contribution in [2.24, 2.45) is 5.41 Å². The zero-order valence-corrected chi connectivity index (χ0v) is 9.27. The van der Waals surface area contributed by atoms with E-state index in [1.165, 1.54) is 0 Å². The Morgan fingerprint density at radius 3 is 2.08 bits per heavy atom. The Hall–Kier alpha value is -0.0800. The molecule has 2 atom stereocenters. The summed E-state index contributed by atoms with van der Waals surface area (Å²) < 4.78 is 5.33. The van der Waals surface area contributed by atoms with Crippen LogP contribution in [0.5, 0.6) is 0 Å². The molecule has 0 spiro atoms. The molecule has 0 aliphatic heterocycles. The van der Waals surface area contributed by atoms with Crippen LogP contribution in [0, 0.1) is 5.41 Å². The maximum absolute atomic E-state index is 5.33. The summed E-state index contributed by atoms with van der Waals surface area (Å²) in [5, 5.41) is 3.45. The molecular formula is C10H23NO. The van der Waals surface area contributed by atoms with Gasteiger partial charge in [-0.3, -0.25) is 0 Å². The third-order valence-corrected chi connectivity index (χ3v) is 2.20. The number of ether oxygens (including phenoxy) is 1. The molecular weight excluding hydrogens is 150 g/mol. The fourth-order valence-electron chi connectivity index (χ4n) is 1.53. The topological polar surface area (TPSA) is 21.3 Å². The molecule has 2 unspecified atom stereocenters. The standard InChI is InChI=1S/C10H23NO/c1-7-11-9(8(2)12-6)10(3,4)5/h8-9,11H,7H2,1-6H3. The number of rotatable bonds is 4. The SMILES string of the molecule is CCNC(C(C)OC)C(C)(C)C. The second-order valence-electron chi connectivity index (χ2n) is 4.34. The molecule has 0 aromatic rings. The molecule has 0 bridgehead atoms. The average molecular weight is 173 g/mol. The maximum atomic E-state index is 5.33. The van der Waals surface area contributed by atoms with E-state index in [9.17, 15) is 0 Å². The van der Waals surface area contributed by atoms with Crippen molar-refractivity contribution in [1.29, 1.82) is 0 Å². The molecule has 0 fully saturated rings. The normalized spacial score (nSPS) is 17.5. The van der Waals surface area contributed by atoms with Crippen molar-refractivity contribution in [2.45, 2.75) is 46.8 Å². The van der Waals surface area contributed by atoms with Crippen molar-refractivity contribution >= 4 is 0 Å². The summed E-state index contributed by atoms with van der Waals surface area (Å²) in [7, 11) is 1.76. The van der Waals surface area contributed by atoms with Crippen LogP contribution in [-0.4, -0.2) is 25.8 Å². The first-order valence-corrected chi connectivity index (χ1v) is 4.69. The monoisotopic (exact) mass is 173 g/mol. The molecule has 0 aliphatic rings. The predicted molar refractivity (Wildman–Crippen MR) is 53.4 cm³/mol. The lowest BCUT2D eigenvalue weighted by molar-refractivity contribution is 0.0425. The molecule has 0 amide bonds. The van der Waals surface area contributed by atoms with Gasteiger partial charge in [-0.15, -0.1) is 0 Å². The lowest BCUT2D eigenvalue weighted by Gasteiger charge is -2.35. The van der Waals surface area contributed by atoms with E-state index in [4.69, 9.17) is 4.74 Å². The molecule has 0 aromatic heterocycles. The first-order valence-electron chi connectivity index (χ1n) is 4.69. The molecule has 0 rings (SSSR count). The Bertz CT molecular complexity index is 117. The van der Waals surface area contributed by atoms with Gasteiger partial charge in [0.2, 0.25) is 0 Å². The van der Waals surface area contributed by atoms with Gasteiger partial charge in [0.1, 0.15) is 0 Å². The van der Waals surface area contributed by atoms with Crippen LogP contribution in [0.4, 0.5) is 0 Å². The molecule has 0 saturated heterocycles.